The average molecular weight is 307 g/mol. The van der Waals surface area contributed by atoms with Crippen molar-refractivity contribution in [2.45, 2.75) is 26.3 Å². The molecule has 0 spiro atoms. The van der Waals surface area contributed by atoms with E-state index in [1.165, 1.54) is 5.39 Å². The topological polar surface area (TPSA) is 41.1 Å². The average Bonchev–Trinajstić information content (AvgIpc) is 2.46. The van der Waals surface area contributed by atoms with Crippen LogP contribution in [0.25, 0.3) is 10.8 Å². The highest BCUT2D eigenvalue weighted by molar-refractivity contribution is 5.90. The van der Waals surface area contributed by atoms with E-state index in [0.717, 1.165) is 17.5 Å². The van der Waals surface area contributed by atoms with Gasteiger partial charge in [0.1, 0.15) is 0 Å². The summed E-state index contributed by atoms with van der Waals surface area (Å²) in [6.45, 7) is 5.72. The van der Waals surface area contributed by atoms with Gasteiger partial charge in [0.15, 0.2) is 0 Å². The Hall–Kier alpha value is -1.58. The first-order chi connectivity index (χ1) is 9.70. The van der Waals surface area contributed by atoms with Crippen molar-refractivity contribution in [1.82, 2.24) is 10.6 Å². The zero-order valence-electron chi connectivity index (χ0n) is 12.6. The van der Waals surface area contributed by atoms with Crippen molar-refractivity contribution in [2.24, 2.45) is 0 Å². The van der Waals surface area contributed by atoms with E-state index in [0.29, 0.717) is 19.0 Å². The molecule has 21 heavy (non-hydrogen) atoms. The zero-order valence-corrected chi connectivity index (χ0v) is 13.4. The molecule has 0 bridgehead atoms. The normalized spacial score (nSPS) is 11.7. The largest absolute Gasteiger partial charge is 0.354 e. The fraction of sp³-hybridized carbons (Fsp3) is 0.353. The molecule has 2 N–H and O–H groups in total. The molecule has 1 atom stereocenters. The maximum Gasteiger partial charge on any atom is 0.224 e. The van der Waals surface area contributed by atoms with E-state index in [2.05, 4.69) is 42.7 Å². The van der Waals surface area contributed by atoms with Gasteiger partial charge in [0.05, 0.1) is 6.42 Å². The van der Waals surface area contributed by atoms with Crippen molar-refractivity contribution < 1.29 is 4.79 Å². The van der Waals surface area contributed by atoms with Gasteiger partial charge in [-0.05, 0) is 29.8 Å². The van der Waals surface area contributed by atoms with Gasteiger partial charge in [0.25, 0.3) is 0 Å². The number of likely N-dealkylation sites (N-methyl/N-ethyl adjacent to an activating group) is 1. The summed E-state index contributed by atoms with van der Waals surface area (Å²) in [4.78, 5) is 12.0. The predicted octanol–water partition coefficient (Wildman–Crippen LogP) is 2.92. The van der Waals surface area contributed by atoms with Crippen molar-refractivity contribution in [3.8, 4) is 0 Å². The van der Waals surface area contributed by atoms with Crippen LogP contribution in [0.2, 0.25) is 0 Å². The maximum atomic E-state index is 12.0. The number of amides is 1. The molecule has 3 nitrogen and oxygen atoms in total. The van der Waals surface area contributed by atoms with Gasteiger partial charge < -0.3 is 10.6 Å². The molecule has 0 aliphatic heterocycles. The smallest absolute Gasteiger partial charge is 0.224 e. The van der Waals surface area contributed by atoms with Crippen LogP contribution in [0.5, 0.6) is 0 Å². The molecule has 2 aromatic rings. The Morgan fingerprint density at radius 1 is 1.14 bits per heavy atom. The van der Waals surface area contributed by atoms with Crippen molar-refractivity contribution in [3.05, 3.63) is 48.0 Å². The molecule has 0 radical (unpaired) electrons. The zero-order chi connectivity index (χ0) is 14.4. The molecule has 0 aliphatic rings. The minimum atomic E-state index is 0. The Morgan fingerprint density at radius 3 is 2.62 bits per heavy atom. The first-order valence-corrected chi connectivity index (χ1v) is 7.17. The Morgan fingerprint density at radius 2 is 1.86 bits per heavy atom. The molecule has 0 unspecified atom stereocenters. The van der Waals surface area contributed by atoms with E-state index in [9.17, 15) is 4.79 Å². The number of hydrogen-bond donors (Lipinski definition) is 2. The van der Waals surface area contributed by atoms with Gasteiger partial charge in [-0.1, -0.05) is 49.4 Å². The molecule has 2 rings (SSSR count). The lowest BCUT2D eigenvalue weighted by Crippen LogP contribution is -2.39. The molecule has 114 valence electrons. The van der Waals surface area contributed by atoms with E-state index < -0.39 is 0 Å². The van der Waals surface area contributed by atoms with Gasteiger partial charge in [-0.3, -0.25) is 4.79 Å². The summed E-state index contributed by atoms with van der Waals surface area (Å²) in [5.74, 6) is 0.0751. The Bertz CT molecular complexity index is 581. The van der Waals surface area contributed by atoms with Crippen molar-refractivity contribution in [2.75, 3.05) is 13.1 Å². The monoisotopic (exact) mass is 306 g/mol. The summed E-state index contributed by atoms with van der Waals surface area (Å²) in [5.41, 5.74) is 1.08. The standard InChI is InChI=1S/C17H22N2O.ClH/c1-3-18-13(2)12-19-17(20)11-15-9-6-8-14-7-4-5-10-16(14)15;/h4-10,13,18H,3,11-12H2,1-2H3,(H,19,20);1H/t13-;/m1./s1. The second-order valence-corrected chi connectivity index (χ2v) is 5.08. The maximum absolute atomic E-state index is 12.0. The second-order valence-electron chi connectivity index (χ2n) is 5.08. The van der Waals surface area contributed by atoms with Gasteiger partial charge in [-0.15, -0.1) is 12.4 Å². The molecule has 0 aromatic heterocycles. The summed E-state index contributed by atoms with van der Waals surface area (Å²) in [6, 6.07) is 14.6. The minimum absolute atomic E-state index is 0. The van der Waals surface area contributed by atoms with Crippen molar-refractivity contribution >= 4 is 29.1 Å². The van der Waals surface area contributed by atoms with E-state index >= 15 is 0 Å². The molecule has 2 aromatic carbocycles. The number of nitrogens with one attached hydrogen (secondary N) is 2. The third kappa shape index (κ3) is 5.03. The minimum Gasteiger partial charge on any atom is -0.354 e. The molecule has 0 heterocycles. The summed E-state index contributed by atoms with van der Waals surface area (Å²) in [7, 11) is 0. The molecule has 0 fully saturated rings. The lowest BCUT2D eigenvalue weighted by molar-refractivity contribution is -0.120. The highest BCUT2D eigenvalue weighted by atomic mass is 35.5. The molecule has 1 amide bonds. The second kappa shape index (κ2) is 8.65. The van der Waals surface area contributed by atoms with Crippen LogP contribution in [0.4, 0.5) is 0 Å². The fourth-order valence-corrected chi connectivity index (χ4v) is 2.37. The van der Waals surface area contributed by atoms with Crippen LogP contribution in [-0.2, 0) is 11.2 Å². The van der Waals surface area contributed by atoms with E-state index in [1.54, 1.807) is 0 Å². The third-order valence-corrected chi connectivity index (χ3v) is 3.39. The van der Waals surface area contributed by atoms with Gasteiger partial charge >= 0.3 is 0 Å². The van der Waals surface area contributed by atoms with Gasteiger partial charge in [-0.2, -0.15) is 0 Å². The lowest BCUT2D eigenvalue weighted by atomic mass is 10.0. The van der Waals surface area contributed by atoms with Crippen molar-refractivity contribution in [1.29, 1.82) is 0 Å². The summed E-state index contributed by atoms with van der Waals surface area (Å²) in [6.07, 6.45) is 0.431. The highest BCUT2D eigenvalue weighted by Crippen LogP contribution is 2.18. The third-order valence-electron chi connectivity index (χ3n) is 3.39. The molecular formula is C17H23ClN2O. The summed E-state index contributed by atoms with van der Waals surface area (Å²) >= 11 is 0. The van der Waals surface area contributed by atoms with Gasteiger partial charge in [0.2, 0.25) is 5.91 Å². The number of halogens is 1. The van der Waals surface area contributed by atoms with Crippen LogP contribution in [0.15, 0.2) is 42.5 Å². The predicted molar refractivity (Wildman–Crippen MR) is 91.0 cm³/mol. The fourth-order valence-electron chi connectivity index (χ4n) is 2.37. The van der Waals surface area contributed by atoms with Gasteiger partial charge in [-0.25, -0.2) is 0 Å². The number of hydrogen-bond acceptors (Lipinski definition) is 2. The van der Waals surface area contributed by atoms with E-state index in [-0.39, 0.29) is 18.3 Å². The molecule has 4 heteroatoms. The summed E-state index contributed by atoms with van der Waals surface area (Å²) < 4.78 is 0. The number of rotatable bonds is 6. The van der Waals surface area contributed by atoms with E-state index in [1.807, 2.05) is 24.3 Å². The highest BCUT2D eigenvalue weighted by Gasteiger charge is 2.07. The first-order valence-electron chi connectivity index (χ1n) is 7.17. The molecule has 0 saturated carbocycles. The van der Waals surface area contributed by atoms with Crippen LogP contribution < -0.4 is 10.6 Å². The van der Waals surface area contributed by atoms with Gasteiger partial charge in [0, 0.05) is 12.6 Å². The number of carbonyl (C=O) groups excluding carboxylic acids is 1. The summed E-state index contributed by atoms with van der Waals surface area (Å²) in [5, 5.41) is 8.60. The van der Waals surface area contributed by atoms with Crippen molar-refractivity contribution in [3.63, 3.8) is 0 Å². The van der Waals surface area contributed by atoms with Crippen LogP contribution in [0.3, 0.4) is 0 Å². The number of fused-ring (bicyclic) bond motifs is 1. The molecular weight excluding hydrogens is 284 g/mol. The number of benzene rings is 2. The SMILES string of the molecule is CCN[C@H](C)CNC(=O)Cc1cccc2ccccc12.Cl. The number of carbonyl (C=O) groups is 1. The van der Waals surface area contributed by atoms with E-state index in [4.69, 9.17) is 0 Å². The van der Waals surface area contributed by atoms with Crippen LogP contribution in [-0.4, -0.2) is 25.0 Å². The van der Waals surface area contributed by atoms with Crippen LogP contribution in [0.1, 0.15) is 19.4 Å². The first kappa shape index (κ1) is 17.5. The Labute approximate surface area is 132 Å². The van der Waals surface area contributed by atoms with Crippen LogP contribution >= 0.6 is 12.4 Å². The molecule has 0 aliphatic carbocycles. The van der Waals surface area contributed by atoms with Crippen LogP contribution in [0, 0.1) is 0 Å². The Balaban J connectivity index is 0.00000220. The quantitative estimate of drug-likeness (QED) is 0.861. The lowest BCUT2D eigenvalue weighted by Gasteiger charge is -2.13. The molecule has 0 saturated heterocycles. The Kier molecular flexibility index (Phi) is 7.20.